The number of rotatable bonds is 5. The van der Waals surface area contributed by atoms with Gasteiger partial charge in [0.25, 0.3) is 11.8 Å². The number of hydrogen-bond donors (Lipinski definition) is 2. The second kappa shape index (κ2) is 8.02. The molecule has 3 rings (SSSR count). The summed E-state index contributed by atoms with van der Waals surface area (Å²) >= 11 is 0. The fourth-order valence-corrected chi connectivity index (χ4v) is 2.34. The molecule has 6 heteroatoms. The van der Waals surface area contributed by atoms with E-state index in [1.54, 1.807) is 48.8 Å². The van der Waals surface area contributed by atoms with Crippen LogP contribution in [-0.4, -0.2) is 16.8 Å². The number of amides is 2. The molecule has 2 aromatic carbocycles. The van der Waals surface area contributed by atoms with Crippen molar-refractivity contribution < 1.29 is 14.0 Å². The van der Waals surface area contributed by atoms with Crippen LogP contribution in [0.1, 0.15) is 26.3 Å². The average molecular weight is 349 g/mol. The number of nitrogens with zero attached hydrogens (tertiary/aromatic N) is 1. The van der Waals surface area contributed by atoms with Crippen molar-refractivity contribution in [3.8, 4) is 0 Å². The molecular formula is C20H16FN3O2. The van der Waals surface area contributed by atoms with Gasteiger partial charge in [0.2, 0.25) is 0 Å². The number of halogens is 1. The van der Waals surface area contributed by atoms with Crippen molar-refractivity contribution in [1.29, 1.82) is 0 Å². The van der Waals surface area contributed by atoms with Crippen molar-refractivity contribution in [3.05, 3.63) is 95.6 Å². The van der Waals surface area contributed by atoms with Gasteiger partial charge in [-0.1, -0.05) is 18.2 Å². The van der Waals surface area contributed by atoms with Gasteiger partial charge in [0.1, 0.15) is 5.82 Å². The maximum absolute atomic E-state index is 13.6. The van der Waals surface area contributed by atoms with Crippen LogP contribution in [0.2, 0.25) is 0 Å². The third-order valence-corrected chi connectivity index (χ3v) is 3.70. The molecule has 0 aliphatic heterocycles. The number of hydrogen-bond acceptors (Lipinski definition) is 3. The first kappa shape index (κ1) is 17.3. The van der Waals surface area contributed by atoms with Crippen molar-refractivity contribution in [2.24, 2.45) is 0 Å². The Hall–Kier alpha value is -3.54. The minimum absolute atomic E-state index is 0.0363. The lowest BCUT2D eigenvalue weighted by Crippen LogP contribution is -2.22. The van der Waals surface area contributed by atoms with Gasteiger partial charge in [-0.3, -0.25) is 14.6 Å². The molecule has 0 aliphatic carbocycles. The molecule has 0 saturated heterocycles. The lowest BCUT2D eigenvalue weighted by Gasteiger charge is -2.08. The van der Waals surface area contributed by atoms with E-state index in [-0.39, 0.29) is 11.5 Å². The second-order valence-electron chi connectivity index (χ2n) is 5.56. The Kier molecular flexibility index (Phi) is 5.34. The maximum Gasteiger partial charge on any atom is 0.258 e. The summed E-state index contributed by atoms with van der Waals surface area (Å²) in [5.74, 6) is -1.37. The van der Waals surface area contributed by atoms with E-state index in [0.29, 0.717) is 17.8 Å². The van der Waals surface area contributed by atoms with E-state index in [9.17, 15) is 14.0 Å². The zero-order valence-electron chi connectivity index (χ0n) is 13.8. The Morgan fingerprint density at radius 2 is 1.69 bits per heavy atom. The maximum atomic E-state index is 13.6. The van der Waals surface area contributed by atoms with E-state index in [2.05, 4.69) is 15.6 Å². The third-order valence-electron chi connectivity index (χ3n) is 3.70. The van der Waals surface area contributed by atoms with Crippen LogP contribution in [0.5, 0.6) is 0 Å². The third kappa shape index (κ3) is 4.30. The summed E-state index contributed by atoms with van der Waals surface area (Å²) in [4.78, 5) is 28.2. The molecule has 0 radical (unpaired) electrons. The number of benzene rings is 2. The van der Waals surface area contributed by atoms with Gasteiger partial charge in [-0.2, -0.15) is 0 Å². The molecule has 0 bridgehead atoms. The van der Waals surface area contributed by atoms with E-state index in [1.165, 1.54) is 18.2 Å². The molecule has 0 fully saturated rings. The Morgan fingerprint density at radius 1 is 0.923 bits per heavy atom. The summed E-state index contributed by atoms with van der Waals surface area (Å²) in [5, 5.41) is 5.40. The quantitative estimate of drug-likeness (QED) is 0.742. The summed E-state index contributed by atoms with van der Waals surface area (Å²) in [6.07, 6.45) is 3.35. The van der Waals surface area contributed by atoms with Crippen LogP contribution < -0.4 is 10.6 Å². The van der Waals surface area contributed by atoms with Crippen LogP contribution in [-0.2, 0) is 6.54 Å². The number of nitrogens with one attached hydrogen (secondary N) is 2. The molecule has 0 saturated carbocycles. The Bertz CT molecular complexity index is 912. The van der Waals surface area contributed by atoms with Gasteiger partial charge in [-0.15, -0.1) is 0 Å². The van der Waals surface area contributed by atoms with E-state index < -0.39 is 11.7 Å². The summed E-state index contributed by atoms with van der Waals surface area (Å²) in [6.45, 7) is 0.373. The van der Waals surface area contributed by atoms with Gasteiger partial charge >= 0.3 is 0 Å². The molecular weight excluding hydrogens is 333 g/mol. The van der Waals surface area contributed by atoms with E-state index in [4.69, 9.17) is 0 Å². The van der Waals surface area contributed by atoms with Crippen LogP contribution in [0, 0.1) is 5.82 Å². The fourth-order valence-electron chi connectivity index (χ4n) is 2.34. The van der Waals surface area contributed by atoms with Gasteiger partial charge in [-0.05, 0) is 48.0 Å². The molecule has 0 atom stereocenters. The Morgan fingerprint density at radius 3 is 2.38 bits per heavy atom. The first-order valence-electron chi connectivity index (χ1n) is 7.96. The van der Waals surface area contributed by atoms with Crippen LogP contribution in [0.4, 0.5) is 10.1 Å². The summed E-state index contributed by atoms with van der Waals surface area (Å²) in [7, 11) is 0. The van der Waals surface area contributed by atoms with Crippen molar-refractivity contribution in [1.82, 2.24) is 10.3 Å². The Balaban J connectivity index is 1.60. The average Bonchev–Trinajstić information content (AvgIpc) is 2.68. The largest absolute Gasteiger partial charge is 0.348 e. The Labute approximate surface area is 149 Å². The lowest BCUT2D eigenvalue weighted by atomic mass is 10.1. The van der Waals surface area contributed by atoms with Crippen molar-refractivity contribution in [2.75, 3.05) is 5.32 Å². The van der Waals surface area contributed by atoms with E-state index in [0.717, 1.165) is 5.56 Å². The number of carbonyl (C=O) groups is 2. The van der Waals surface area contributed by atoms with Crippen molar-refractivity contribution in [3.63, 3.8) is 0 Å². The van der Waals surface area contributed by atoms with Gasteiger partial charge < -0.3 is 10.6 Å². The predicted octanol–water partition coefficient (Wildman–Crippen LogP) is 3.40. The summed E-state index contributed by atoms with van der Waals surface area (Å²) < 4.78 is 13.6. The number of pyridine rings is 1. The van der Waals surface area contributed by atoms with Crippen LogP contribution in [0.3, 0.4) is 0 Å². The molecule has 0 spiro atoms. The summed E-state index contributed by atoms with van der Waals surface area (Å²) in [5.41, 5.74) is 1.79. The summed E-state index contributed by atoms with van der Waals surface area (Å²) in [6, 6.07) is 15.8. The zero-order chi connectivity index (χ0) is 18.4. The number of carbonyl (C=O) groups excluding carboxylic acids is 2. The highest BCUT2D eigenvalue weighted by atomic mass is 19.1. The standard InChI is InChI=1S/C20H16FN3O2/c21-18-6-2-1-5-17(18)20(26)24-16-9-7-15(8-10-16)19(25)23-13-14-4-3-11-22-12-14/h1-12H,13H2,(H,23,25)(H,24,26). The highest BCUT2D eigenvalue weighted by molar-refractivity contribution is 6.04. The van der Waals surface area contributed by atoms with Crippen molar-refractivity contribution in [2.45, 2.75) is 6.54 Å². The van der Waals surface area contributed by atoms with Gasteiger partial charge in [0, 0.05) is 30.2 Å². The first-order chi connectivity index (χ1) is 12.6. The van der Waals surface area contributed by atoms with Crippen molar-refractivity contribution >= 4 is 17.5 Å². The second-order valence-corrected chi connectivity index (χ2v) is 5.56. The fraction of sp³-hybridized carbons (Fsp3) is 0.0500. The van der Waals surface area contributed by atoms with E-state index in [1.807, 2.05) is 6.07 Å². The van der Waals surface area contributed by atoms with Gasteiger partial charge in [-0.25, -0.2) is 4.39 Å². The first-order valence-corrected chi connectivity index (χ1v) is 7.96. The molecule has 1 heterocycles. The number of anilines is 1. The molecule has 3 aromatic rings. The number of aromatic nitrogens is 1. The van der Waals surface area contributed by atoms with Crippen LogP contribution in [0.25, 0.3) is 0 Å². The monoisotopic (exact) mass is 349 g/mol. The topological polar surface area (TPSA) is 71.1 Å². The smallest absolute Gasteiger partial charge is 0.258 e. The van der Waals surface area contributed by atoms with Crippen LogP contribution in [0.15, 0.2) is 73.1 Å². The minimum atomic E-state index is -0.587. The van der Waals surface area contributed by atoms with E-state index >= 15 is 0 Å². The van der Waals surface area contributed by atoms with Crippen LogP contribution >= 0.6 is 0 Å². The normalized spacial score (nSPS) is 10.2. The minimum Gasteiger partial charge on any atom is -0.348 e. The molecule has 130 valence electrons. The molecule has 26 heavy (non-hydrogen) atoms. The highest BCUT2D eigenvalue weighted by Crippen LogP contribution is 2.13. The molecule has 1 aromatic heterocycles. The molecule has 2 N–H and O–H groups in total. The molecule has 5 nitrogen and oxygen atoms in total. The zero-order valence-corrected chi connectivity index (χ0v) is 13.8. The highest BCUT2D eigenvalue weighted by Gasteiger charge is 2.11. The molecule has 2 amide bonds. The van der Waals surface area contributed by atoms with Gasteiger partial charge in [0.15, 0.2) is 0 Å². The SMILES string of the molecule is O=C(NCc1cccnc1)c1ccc(NC(=O)c2ccccc2F)cc1. The van der Waals surface area contributed by atoms with Gasteiger partial charge in [0.05, 0.1) is 5.56 Å². The molecule has 0 aliphatic rings. The lowest BCUT2D eigenvalue weighted by molar-refractivity contribution is 0.0950. The molecule has 0 unspecified atom stereocenters. The predicted molar refractivity (Wildman–Crippen MR) is 96.2 cm³/mol.